The number of likely N-dealkylation sites (N-methyl/N-ethyl adjacent to an activating group) is 1. The van der Waals surface area contributed by atoms with Gasteiger partial charge in [0, 0.05) is 11.5 Å². The SMILES string of the molecule is CN1COC2C1C1CCC2(C)C1(C)C. The van der Waals surface area contributed by atoms with E-state index in [1.807, 2.05) is 0 Å². The topological polar surface area (TPSA) is 12.5 Å². The molecular formula is C12H21NO. The molecule has 3 fully saturated rings. The minimum Gasteiger partial charge on any atom is -0.361 e. The van der Waals surface area contributed by atoms with Crippen molar-refractivity contribution in [3.63, 3.8) is 0 Å². The van der Waals surface area contributed by atoms with Gasteiger partial charge < -0.3 is 4.74 Å². The quantitative estimate of drug-likeness (QED) is 0.587. The van der Waals surface area contributed by atoms with E-state index in [9.17, 15) is 0 Å². The second-order valence-electron chi connectivity index (χ2n) is 6.25. The van der Waals surface area contributed by atoms with Crippen LogP contribution in [0.1, 0.15) is 33.6 Å². The predicted octanol–water partition coefficient (Wildman–Crippen LogP) is 2.10. The molecule has 2 bridgehead atoms. The Hall–Kier alpha value is -0.0800. The van der Waals surface area contributed by atoms with Crippen LogP contribution in [-0.2, 0) is 4.74 Å². The second-order valence-corrected chi connectivity index (χ2v) is 6.25. The predicted molar refractivity (Wildman–Crippen MR) is 55.9 cm³/mol. The van der Waals surface area contributed by atoms with Crippen LogP contribution in [0.5, 0.6) is 0 Å². The maximum absolute atomic E-state index is 5.99. The van der Waals surface area contributed by atoms with Gasteiger partial charge in [0.1, 0.15) is 0 Å². The summed E-state index contributed by atoms with van der Waals surface area (Å²) in [4.78, 5) is 2.42. The van der Waals surface area contributed by atoms with Crippen LogP contribution >= 0.6 is 0 Å². The Morgan fingerprint density at radius 1 is 1.29 bits per heavy atom. The first-order chi connectivity index (χ1) is 6.48. The summed E-state index contributed by atoms with van der Waals surface area (Å²) in [5.74, 6) is 0.852. The van der Waals surface area contributed by atoms with Crippen molar-refractivity contribution in [3.05, 3.63) is 0 Å². The normalized spacial score (nSPS) is 55.3. The lowest BCUT2D eigenvalue weighted by atomic mass is 9.70. The molecule has 0 N–H and O–H groups in total. The Balaban J connectivity index is 2.06. The van der Waals surface area contributed by atoms with Gasteiger partial charge in [-0.2, -0.15) is 0 Å². The standard InChI is InChI=1S/C12H21NO/c1-11(2)8-5-6-12(11,3)10-9(8)13(4)7-14-10/h8-10H,5-7H2,1-4H3. The van der Waals surface area contributed by atoms with Gasteiger partial charge in [-0.25, -0.2) is 0 Å². The fraction of sp³-hybridized carbons (Fsp3) is 1.00. The van der Waals surface area contributed by atoms with Gasteiger partial charge in [-0.05, 0) is 31.2 Å². The molecule has 0 aromatic carbocycles. The molecule has 0 amide bonds. The van der Waals surface area contributed by atoms with E-state index in [1.54, 1.807) is 0 Å². The molecule has 2 aliphatic carbocycles. The molecule has 1 saturated heterocycles. The fourth-order valence-electron chi connectivity index (χ4n) is 4.36. The van der Waals surface area contributed by atoms with E-state index < -0.39 is 0 Å². The molecule has 4 atom stereocenters. The summed E-state index contributed by atoms with van der Waals surface area (Å²) in [5, 5.41) is 0. The van der Waals surface area contributed by atoms with Crippen LogP contribution in [0.2, 0.25) is 0 Å². The Morgan fingerprint density at radius 2 is 2.00 bits per heavy atom. The van der Waals surface area contributed by atoms with Crippen molar-refractivity contribution in [1.29, 1.82) is 0 Å². The van der Waals surface area contributed by atoms with Gasteiger partial charge >= 0.3 is 0 Å². The minimum atomic E-state index is 0.424. The molecule has 1 heterocycles. The lowest BCUT2D eigenvalue weighted by Gasteiger charge is -2.37. The molecule has 3 aliphatic rings. The van der Waals surface area contributed by atoms with Crippen LogP contribution < -0.4 is 0 Å². The first-order valence-corrected chi connectivity index (χ1v) is 5.80. The van der Waals surface area contributed by atoms with E-state index in [1.165, 1.54) is 12.8 Å². The molecule has 0 radical (unpaired) electrons. The molecular weight excluding hydrogens is 174 g/mol. The molecule has 2 nitrogen and oxygen atoms in total. The van der Waals surface area contributed by atoms with E-state index in [2.05, 4.69) is 32.7 Å². The fourth-order valence-corrected chi connectivity index (χ4v) is 4.36. The van der Waals surface area contributed by atoms with Crippen molar-refractivity contribution >= 4 is 0 Å². The van der Waals surface area contributed by atoms with Gasteiger partial charge in [0.05, 0.1) is 12.8 Å². The molecule has 14 heavy (non-hydrogen) atoms. The molecule has 2 heteroatoms. The number of hydrogen-bond donors (Lipinski definition) is 0. The van der Waals surface area contributed by atoms with Crippen LogP contribution in [-0.4, -0.2) is 30.8 Å². The Morgan fingerprint density at radius 3 is 2.64 bits per heavy atom. The van der Waals surface area contributed by atoms with Gasteiger partial charge in [-0.3, -0.25) is 4.90 Å². The number of rotatable bonds is 0. The van der Waals surface area contributed by atoms with Crippen LogP contribution in [0.3, 0.4) is 0 Å². The van der Waals surface area contributed by atoms with Crippen LogP contribution in [0.15, 0.2) is 0 Å². The summed E-state index contributed by atoms with van der Waals surface area (Å²) in [6, 6.07) is 0.698. The Bertz CT molecular complexity index is 271. The average molecular weight is 195 g/mol. The molecule has 80 valence electrons. The van der Waals surface area contributed by atoms with E-state index in [0.29, 0.717) is 23.0 Å². The zero-order valence-corrected chi connectivity index (χ0v) is 9.71. The first kappa shape index (κ1) is 9.17. The summed E-state index contributed by atoms with van der Waals surface area (Å²) >= 11 is 0. The molecule has 0 spiro atoms. The van der Waals surface area contributed by atoms with Crippen molar-refractivity contribution in [2.75, 3.05) is 13.8 Å². The van der Waals surface area contributed by atoms with Gasteiger partial charge in [0.2, 0.25) is 0 Å². The van der Waals surface area contributed by atoms with Crippen molar-refractivity contribution in [3.8, 4) is 0 Å². The maximum atomic E-state index is 5.99. The Kier molecular flexibility index (Phi) is 1.54. The van der Waals surface area contributed by atoms with Gasteiger partial charge in [-0.1, -0.05) is 20.8 Å². The molecule has 0 aromatic heterocycles. The third kappa shape index (κ3) is 0.737. The highest BCUT2D eigenvalue weighted by atomic mass is 16.5. The number of ether oxygens (including phenoxy) is 1. The highest BCUT2D eigenvalue weighted by molar-refractivity contribution is 5.19. The number of nitrogens with zero attached hydrogens (tertiary/aromatic N) is 1. The third-order valence-corrected chi connectivity index (χ3v) is 5.69. The summed E-state index contributed by atoms with van der Waals surface area (Å²) in [6.07, 6.45) is 3.26. The molecule has 0 aromatic rings. The monoisotopic (exact) mass is 195 g/mol. The van der Waals surface area contributed by atoms with E-state index in [-0.39, 0.29) is 0 Å². The molecule has 1 aliphatic heterocycles. The average Bonchev–Trinajstić information content (AvgIpc) is 2.63. The molecule has 3 rings (SSSR count). The summed E-state index contributed by atoms with van der Waals surface area (Å²) in [6.45, 7) is 8.18. The van der Waals surface area contributed by atoms with Gasteiger partial charge in [-0.15, -0.1) is 0 Å². The lowest BCUT2D eigenvalue weighted by molar-refractivity contribution is -0.0228. The van der Waals surface area contributed by atoms with E-state index >= 15 is 0 Å². The number of hydrogen-bond acceptors (Lipinski definition) is 2. The zero-order valence-electron chi connectivity index (χ0n) is 9.71. The second kappa shape index (κ2) is 2.35. The van der Waals surface area contributed by atoms with Gasteiger partial charge in [0.25, 0.3) is 0 Å². The van der Waals surface area contributed by atoms with Crippen molar-refractivity contribution < 1.29 is 4.74 Å². The third-order valence-electron chi connectivity index (χ3n) is 5.69. The molecule has 2 saturated carbocycles. The zero-order chi connectivity index (χ0) is 10.1. The lowest BCUT2D eigenvalue weighted by Crippen LogP contribution is -2.40. The smallest absolute Gasteiger partial charge is 0.0996 e. The van der Waals surface area contributed by atoms with E-state index in [0.717, 1.165) is 12.6 Å². The van der Waals surface area contributed by atoms with Crippen molar-refractivity contribution in [2.24, 2.45) is 16.7 Å². The minimum absolute atomic E-state index is 0.424. The highest BCUT2D eigenvalue weighted by Crippen LogP contribution is 2.68. The van der Waals surface area contributed by atoms with Crippen LogP contribution in [0.4, 0.5) is 0 Å². The summed E-state index contributed by atoms with van der Waals surface area (Å²) in [5.41, 5.74) is 0.893. The largest absolute Gasteiger partial charge is 0.361 e. The van der Waals surface area contributed by atoms with Crippen LogP contribution in [0, 0.1) is 16.7 Å². The first-order valence-electron chi connectivity index (χ1n) is 5.80. The summed E-state index contributed by atoms with van der Waals surface area (Å²) in [7, 11) is 2.21. The highest BCUT2D eigenvalue weighted by Gasteiger charge is 2.69. The molecule has 4 unspecified atom stereocenters. The van der Waals surface area contributed by atoms with E-state index in [4.69, 9.17) is 4.74 Å². The Labute approximate surface area is 86.6 Å². The number of fused-ring (bicyclic) bond motifs is 5. The van der Waals surface area contributed by atoms with Gasteiger partial charge in [0.15, 0.2) is 0 Å². The maximum Gasteiger partial charge on any atom is 0.0996 e. The van der Waals surface area contributed by atoms with Crippen LogP contribution in [0.25, 0.3) is 0 Å². The van der Waals surface area contributed by atoms with Crippen molar-refractivity contribution in [2.45, 2.75) is 45.8 Å². The van der Waals surface area contributed by atoms with Crippen molar-refractivity contribution in [1.82, 2.24) is 4.90 Å². The summed E-state index contributed by atoms with van der Waals surface area (Å²) < 4.78 is 5.99.